The maximum absolute atomic E-state index is 11.9. The Balaban J connectivity index is 2.42. The molecule has 2 nitrogen and oxygen atoms in total. The van der Waals surface area contributed by atoms with E-state index in [4.69, 9.17) is 0 Å². The Labute approximate surface area is 82.0 Å². The summed E-state index contributed by atoms with van der Waals surface area (Å²) < 4.78 is 39.7. The lowest BCUT2D eigenvalue weighted by atomic mass is 10.1. The summed E-state index contributed by atoms with van der Waals surface area (Å²) in [5.41, 5.74) is -0.0797. The van der Waals surface area contributed by atoms with Crippen molar-refractivity contribution < 1.29 is 17.9 Å². The molecular formula is C9H16F3NO. The van der Waals surface area contributed by atoms with Crippen LogP contribution in [0.2, 0.25) is 0 Å². The second-order valence-electron chi connectivity index (χ2n) is 4.59. The van der Waals surface area contributed by atoms with Crippen molar-refractivity contribution in [3.05, 3.63) is 0 Å². The summed E-state index contributed by atoms with van der Waals surface area (Å²) in [5.74, 6) is 0. The number of nitrogens with zero attached hydrogens (tertiary/aromatic N) is 1. The molecule has 0 N–H and O–H groups in total. The minimum Gasteiger partial charge on any atom is -0.296 e. The van der Waals surface area contributed by atoms with Crippen molar-refractivity contribution in [2.75, 3.05) is 13.1 Å². The van der Waals surface area contributed by atoms with Crippen LogP contribution >= 0.6 is 0 Å². The summed E-state index contributed by atoms with van der Waals surface area (Å²) in [7, 11) is 0. The summed E-state index contributed by atoms with van der Waals surface area (Å²) in [4.78, 5) is 2.00. The first-order chi connectivity index (χ1) is 6.18. The highest BCUT2D eigenvalue weighted by Gasteiger charge is 2.38. The number of halogens is 3. The SMILES string of the molecule is CC(C)(C)N1CC[C@@H](OC(F)(F)F)C1. The van der Waals surface area contributed by atoms with Crippen molar-refractivity contribution in [2.24, 2.45) is 0 Å². The molecule has 0 saturated carbocycles. The van der Waals surface area contributed by atoms with Gasteiger partial charge >= 0.3 is 6.36 Å². The van der Waals surface area contributed by atoms with E-state index in [1.165, 1.54) is 0 Å². The summed E-state index contributed by atoms with van der Waals surface area (Å²) in [5, 5.41) is 0. The predicted molar refractivity (Wildman–Crippen MR) is 46.9 cm³/mol. The fraction of sp³-hybridized carbons (Fsp3) is 1.00. The molecule has 14 heavy (non-hydrogen) atoms. The Kier molecular flexibility index (Phi) is 3.11. The van der Waals surface area contributed by atoms with Crippen LogP contribution in [0.1, 0.15) is 27.2 Å². The number of hydrogen-bond acceptors (Lipinski definition) is 2. The summed E-state index contributed by atoms with van der Waals surface area (Å²) >= 11 is 0. The third-order valence-corrected chi connectivity index (χ3v) is 2.39. The van der Waals surface area contributed by atoms with Crippen LogP contribution in [0.4, 0.5) is 13.2 Å². The maximum atomic E-state index is 11.9. The molecule has 0 aliphatic carbocycles. The Morgan fingerprint density at radius 1 is 1.21 bits per heavy atom. The Bertz CT molecular complexity index is 197. The molecule has 1 saturated heterocycles. The molecule has 0 radical (unpaired) electrons. The summed E-state index contributed by atoms with van der Waals surface area (Å²) in [6.07, 6.45) is -4.75. The molecule has 1 aliphatic rings. The lowest BCUT2D eigenvalue weighted by Crippen LogP contribution is -2.40. The fourth-order valence-electron chi connectivity index (χ4n) is 1.62. The zero-order valence-electron chi connectivity index (χ0n) is 8.69. The van der Waals surface area contributed by atoms with Gasteiger partial charge in [-0.2, -0.15) is 0 Å². The number of likely N-dealkylation sites (tertiary alicyclic amines) is 1. The second kappa shape index (κ2) is 3.70. The van der Waals surface area contributed by atoms with Crippen molar-refractivity contribution in [3.63, 3.8) is 0 Å². The van der Waals surface area contributed by atoms with Gasteiger partial charge in [-0.15, -0.1) is 13.2 Å². The molecule has 0 spiro atoms. The third-order valence-electron chi connectivity index (χ3n) is 2.39. The molecule has 1 heterocycles. The third kappa shape index (κ3) is 3.46. The van der Waals surface area contributed by atoms with Gasteiger partial charge in [0.25, 0.3) is 0 Å². The average molecular weight is 211 g/mol. The minimum absolute atomic E-state index is 0.0797. The molecule has 0 aromatic heterocycles. The number of alkyl halides is 3. The Morgan fingerprint density at radius 2 is 1.79 bits per heavy atom. The van der Waals surface area contributed by atoms with E-state index in [0.29, 0.717) is 19.5 Å². The topological polar surface area (TPSA) is 12.5 Å². The van der Waals surface area contributed by atoms with E-state index in [0.717, 1.165) is 0 Å². The molecule has 0 bridgehead atoms. The van der Waals surface area contributed by atoms with Crippen molar-refractivity contribution in [1.29, 1.82) is 0 Å². The van der Waals surface area contributed by atoms with Gasteiger partial charge in [0.2, 0.25) is 0 Å². The van der Waals surface area contributed by atoms with Gasteiger partial charge in [-0.25, -0.2) is 0 Å². The molecular weight excluding hydrogens is 195 g/mol. The van der Waals surface area contributed by atoms with Crippen LogP contribution in [0.3, 0.4) is 0 Å². The largest absolute Gasteiger partial charge is 0.522 e. The van der Waals surface area contributed by atoms with E-state index >= 15 is 0 Å². The summed E-state index contributed by atoms with van der Waals surface area (Å²) in [6, 6.07) is 0. The molecule has 0 unspecified atom stereocenters. The van der Waals surface area contributed by atoms with Crippen LogP contribution in [0.5, 0.6) is 0 Å². The van der Waals surface area contributed by atoms with Crippen LogP contribution in [-0.2, 0) is 4.74 Å². The Morgan fingerprint density at radius 3 is 2.14 bits per heavy atom. The van der Waals surface area contributed by atoms with Gasteiger partial charge in [-0.05, 0) is 27.2 Å². The molecule has 84 valence electrons. The zero-order chi connectivity index (χ0) is 11.0. The molecule has 0 aromatic carbocycles. The van der Waals surface area contributed by atoms with Gasteiger partial charge in [0.15, 0.2) is 0 Å². The fourth-order valence-corrected chi connectivity index (χ4v) is 1.62. The first-order valence-electron chi connectivity index (χ1n) is 4.68. The van der Waals surface area contributed by atoms with Gasteiger partial charge in [0.05, 0.1) is 6.10 Å². The monoisotopic (exact) mass is 211 g/mol. The highest BCUT2D eigenvalue weighted by Crippen LogP contribution is 2.27. The maximum Gasteiger partial charge on any atom is 0.522 e. The number of ether oxygens (including phenoxy) is 1. The van der Waals surface area contributed by atoms with Crippen molar-refractivity contribution >= 4 is 0 Å². The van der Waals surface area contributed by atoms with Crippen LogP contribution < -0.4 is 0 Å². The minimum atomic E-state index is -4.50. The molecule has 1 aliphatic heterocycles. The van der Waals surface area contributed by atoms with Crippen molar-refractivity contribution in [1.82, 2.24) is 4.90 Å². The van der Waals surface area contributed by atoms with Gasteiger partial charge < -0.3 is 0 Å². The van der Waals surface area contributed by atoms with Crippen LogP contribution in [-0.4, -0.2) is 36.0 Å². The molecule has 0 amide bonds. The van der Waals surface area contributed by atoms with Crippen LogP contribution in [0, 0.1) is 0 Å². The van der Waals surface area contributed by atoms with Crippen LogP contribution in [0.15, 0.2) is 0 Å². The van der Waals surface area contributed by atoms with E-state index in [1.807, 2.05) is 25.7 Å². The highest BCUT2D eigenvalue weighted by molar-refractivity contribution is 4.85. The molecule has 5 heteroatoms. The van der Waals surface area contributed by atoms with E-state index in [-0.39, 0.29) is 5.54 Å². The van der Waals surface area contributed by atoms with E-state index in [1.54, 1.807) is 0 Å². The van der Waals surface area contributed by atoms with E-state index in [9.17, 15) is 13.2 Å². The zero-order valence-corrected chi connectivity index (χ0v) is 8.69. The highest BCUT2D eigenvalue weighted by atomic mass is 19.4. The van der Waals surface area contributed by atoms with Crippen molar-refractivity contribution in [2.45, 2.75) is 45.2 Å². The first-order valence-corrected chi connectivity index (χ1v) is 4.68. The Hall–Kier alpha value is -0.290. The predicted octanol–water partition coefficient (Wildman–Crippen LogP) is 2.40. The smallest absolute Gasteiger partial charge is 0.296 e. The van der Waals surface area contributed by atoms with Gasteiger partial charge in [-0.1, -0.05) is 0 Å². The molecule has 0 aromatic rings. The van der Waals surface area contributed by atoms with Gasteiger partial charge in [-0.3, -0.25) is 9.64 Å². The van der Waals surface area contributed by atoms with Gasteiger partial charge in [0.1, 0.15) is 0 Å². The molecule has 1 atom stereocenters. The lowest BCUT2D eigenvalue weighted by molar-refractivity contribution is -0.340. The number of rotatable bonds is 1. The number of hydrogen-bond donors (Lipinski definition) is 0. The van der Waals surface area contributed by atoms with Crippen LogP contribution in [0.25, 0.3) is 0 Å². The summed E-state index contributed by atoms with van der Waals surface area (Å²) in [6.45, 7) is 7.00. The van der Waals surface area contributed by atoms with E-state index in [2.05, 4.69) is 4.74 Å². The molecule has 1 fully saturated rings. The standard InChI is InChI=1S/C9H16F3NO/c1-8(2,3)13-5-4-7(6-13)14-9(10,11)12/h7H,4-6H2,1-3H3/t7-/m1/s1. The van der Waals surface area contributed by atoms with Crippen molar-refractivity contribution in [3.8, 4) is 0 Å². The lowest BCUT2D eigenvalue weighted by Gasteiger charge is -2.31. The first kappa shape index (κ1) is 11.8. The van der Waals surface area contributed by atoms with E-state index < -0.39 is 12.5 Å². The quantitative estimate of drug-likeness (QED) is 0.660. The average Bonchev–Trinajstić information content (AvgIpc) is 2.29. The van der Waals surface area contributed by atoms with Gasteiger partial charge in [0, 0.05) is 18.6 Å². The second-order valence-corrected chi connectivity index (χ2v) is 4.59. The molecule has 1 rings (SSSR count). The normalized spacial score (nSPS) is 25.7.